The normalized spacial score (nSPS) is 19.3. The number of nitrogens with zero attached hydrogens (tertiary/aromatic N) is 4. The fraction of sp³-hybridized carbons (Fsp3) is 0.316. The van der Waals surface area contributed by atoms with E-state index >= 15 is 0 Å². The molecule has 2 heterocycles. The Morgan fingerprint density at radius 1 is 1.41 bits per heavy atom. The lowest BCUT2D eigenvalue weighted by molar-refractivity contribution is 0.0773. The van der Waals surface area contributed by atoms with E-state index < -0.39 is 18.6 Å². The third-order valence-corrected chi connectivity index (χ3v) is 4.76. The van der Waals surface area contributed by atoms with Gasteiger partial charge in [0, 0.05) is 14.1 Å². The smallest absolute Gasteiger partial charge is 0.259 e. The first-order chi connectivity index (χ1) is 13.9. The topological polar surface area (TPSA) is 69.0 Å². The summed E-state index contributed by atoms with van der Waals surface area (Å²) in [5.74, 6) is -0.790. The molecular formula is C19H19ClF2N4O3. The van der Waals surface area contributed by atoms with E-state index in [0.717, 1.165) is 6.07 Å². The lowest BCUT2D eigenvalue weighted by atomic mass is 10.1. The van der Waals surface area contributed by atoms with Crippen molar-refractivity contribution in [3.8, 4) is 5.75 Å². The van der Waals surface area contributed by atoms with Crippen molar-refractivity contribution in [1.82, 2.24) is 14.7 Å². The molecule has 29 heavy (non-hydrogen) atoms. The SMILES string of the molecule is C=C/C1=N\c2c(cnn2C)C(=O)N(C)CCOc2ccc(F)c(Cl)c2[C@@H](CF)O1. The van der Waals surface area contributed by atoms with Crippen LogP contribution in [-0.4, -0.2) is 53.4 Å². The van der Waals surface area contributed by atoms with E-state index in [1.807, 2.05) is 0 Å². The first-order valence-electron chi connectivity index (χ1n) is 8.69. The van der Waals surface area contributed by atoms with E-state index in [1.165, 1.54) is 27.9 Å². The molecule has 0 radical (unpaired) electrons. The van der Waals surface area contributed by atoms with Crippen LogP contribution < -0.4 is 4.74 Å². The summed E-state index contributed by atoms with van der Waals surface area (Å²) in [5, 5.41) is 3.75. The third kappa shape index (κ3) is 4.09. The maximum Gasteiger partial charge on any atom is 0.259 e. The first kappa shape index (κ1) is 20.8. The molecule has 0 N–H and O–H groups in total. The number of benzene rings is 1. The standard InChI is InChI=1S/C19H19ClF2N4O3/c1-4-15-24-18-11(10-23-26(18)3)19(27)25(2)7-8-28-13-6-5-12(22)17(20)16(13)14(9-21)29-15/h4-6,10,14H,1,7-9H2,2-3H3/b24-15+/t14-/m1/s1. The number of hydrogen-bond donors (Lipinski definition) is 0. The number of hydrogen-bond acceptors (Lipinski definition) is 5. The number of alkyl halides is 1. The fourth-order valence-corrected chi connectivity index (χ4v) is 3.10. The van der Waals surface area contributed by atoms with Crippen molar-refractivity contribution in [2.45, 2.75) is 6.10 Å². The van der Waals surface area contributed by atoms with Crippen molar-refractivity contribution in [2.24, 2.45) is 12.0 Å². The van der Waals surface area contributed by atoms with Crippen LogP contribution in [0, 0.1) is 5.82 Å². The van der Waals surface area contributed by atoms with Crippen molar-refractivity contribution in [3.05, 3.63) is 53.0 Å². The summed E-state index contributed by atoms with van der Waals surface area (Å²) >= 11 is 6.10. The molecule has 7 nitrogen and oxygen atoms in total. The Morgan fingerprint density at radius 3 is 2.86 bits per heavy atom. The maximum atomic E-state index is 14.1. The molecule has 0 unspecified atom stereocenters. The van der Waals surface area contributed by atoms with Crippen molar-refractivity contribution >= 4 is 29.2 Å². The van der Waals surface area contributed by atoms with E-state index in [9.17, 15) is 13.6 Å². The van der Waals surface area contributed by atoms with Crippen LogP contribution in [0.5, 0.6) is 5.75 Å². The summed E-state index contributed by atoms with van der Waals surface area (Å²) < 4.78 is 40.6. The van der Waals surface area contributed by atoms with Crippen LogP contribution in [-0.2, 0) is 11.8 Å². The van der Waals surface area contributed by atoms with Crippen LogP contribution in [0.3, 0.4) is 0 Å². The molecule has 0 bridgehead atoms. The quantitative estimate of drug-likeness (QED) is 0.738. The Kier molecular flexibility index (Phi) is 6.17. The molecule has 3 rings (SSSR count). The van der Waals surface area contributed by atoms with Crippen LogP contribution in [0.2, 0.25) is 5.02 Å². The highest BCUT2D eigenvalue weighted by atomic mass is 35.5. The van der Waals surface area contributed by atoms with Crippen LogP contribution >= 0.6 is 11.6 Å². The van der Waals surface area contributed by atoms with Crippen LogP contribution in [0.15, 0.2) is 36.0 Å². The Bertz CT molecular complexity index is 977. The molecular weight excluding hydrogens is 406 g/mol. The molecule has 0 aliphatic carbocycles. The average Bonchev–Trinajstić information content (AvgIpc) is 3.07. The first-order valence-corrected chi connectivity index (χ1v) is 9.07. The molecule has 1 amide bonds. The van der Waals surface area contributed by atoms with Gasteiger partial charge >= 0.3 is 0 Å². The number of aromatic nitrogens is 2. The monoisotopic (exact) mass is 424 g/mol. The van der Waals surface area contributed by atoms with Gasteiger partial charge in [0.1, 0.15) is 30.4 Å². The molecule has 1 atom stereocenters. The fourth-order valence-electron chi connectivity index (χ4n) is 2.83. The van der Waals surface area contributed by atoms with Gasteiger partial charge < -0.3 is 14.4 Å². The second-order valence-corrected chi connectivity index (χ2v) is 6.65. The molecule has 0 saturated heterocycles. The molecule has 1 aliphatic rings. The number of amides is 1. The molecule has 0 fully saturated rings. The van der Waals surface area contributed by atoms with Gasteiger partial charge in [0.25, 0.3) is 5.91 Å². The van der Waals surface area contributed by atoms with Crippen LogP contribution in [0.4, 0.5) is 14.6 Å². The second kappa shape index (κ2) is 8.60. The minimum absolute atomic E-state index is 0.0159. The van der Waals surface area contributed by atoms with E-state index in [4.69, 9.17) is 21.1 Å². The Labute approximate surface area is 171 Å². The van der Waals surface area contributed by atoms with E-state index in [1.54, 1.807) is 14.1 Å². The zero-order chi connectivity index (χ0) is 21.1. The van der Waals surface area contributed by atoms with Crippen molar-refractivity contribution in [1.29, 1.82) is 0 Å². The Hall–Kier alpha value is -2.94. The van der Waals surface area contributed by atoms with Gasteiger partial charge in [0.15, 0.2) is 11.9 Å². The van der Waals surface area contributed by atoms with Gasteiger partial charge in [0.05, 0.1) is 23.3 Å². The van der Waals surface area contributed by atoms with Gasteiger partial charge in [-0.3, -0.25) is 9.48 Å². The van der Waals surface area contributed by atoms with Crippen molar-refractivity contribution in [3.63, 3.8) is 0 Å². The molecule has 154 valence electrons. The van der Waals surface area contributed by atoms with E-state index in [0.29, 0.717) is 0 Å². The van der Waals surface area contributed by atoms with Crippen LogP contribution in [0.25, 0.3) is 0 Å². The molecule has 0 spiro atoms. The van der Waals surface area contributed by atoms with Gasteiger partial charge in [-0.05, 0) is 18.2 Å². The minimum atomic E-state index is -1.30. The van der Waals surface area contributed by atoms with Gasteiger partial charge in [0.2, 0.25) is 5.90 Å². The zero-order valence-corrected chi connectivity index (χ0v) is 16.6. The number of halogens is 3. The highest BCUT2D eigenvalue weighted by Crippen LogP contribution is 2.37. The summed E-state index contributed by atoms with van der Waals surface area (Å²) in [7, 11) is 3.20. The van der Waals surface area contributed by atoms with E-state index in [2.05, 4.69) is 16.7 Å². The molecule has 1 aliphatic heterocycles. The summed E-state index contributed by atoms with van der Waals surface area (Å²) in [6.45, 7) is 2.87. The lowest BCUT2D eigenvalue weighted by Crippen LogP contribution is -2.30. The maximum absolute atomic E-state index is 14.1. The van der Waals surface area contributed by atoms with E-state index in [-0.39, 0.29) is 52.7 Å². The number of aryl methyl sites for hydroxylation is 1. The Morgan fingerprint density at radius 2 is 2.17 bits per heavy atom. The summed E-state index contributed by atoms with van der Waals surface area (Å²) in [6, 6.07) is 2.46. The molecule has 10 heteroatoms. The zero-order valence-electron chi connectivity index (χ0n) is 15.9. The second-order valence-electron chi connectivity index (χ2n) is 6.27. The van der Waals surface area contributed by atoms with Gasteiger partial charge in [-0.25, -0.2) is 8.78 Å². The van der Waals surface area contributed by atoms with Gasteiger partial charge in [-0.15, -0.1) is 0 Å². The Balaban J connectivity index is 2.16. The third-order valence-electron chi connectivity index (χ3n) is 4.38. The molecule has 1 aromatic carbocycles. The lowest BCUT2D eigenvalue weighted by Gasteiger charge is -2.21. The minimum Gasteiger partial charge on any atom is -0.491 e. The number of ether oxygens (including phenoxy) is 2. The number of fused-ring (bicyclic) bond motifs is 2. The number of carbonyl (C=O) groups excluding carboxylic acids is 1. The van der Waals surface area contributed by atoms with Crippen LogP contribution in [0.1, 0.15) is 22.0 Å². The van der Waals surface area contributed by atoms with Gasteiger partial charge in [-0.1, -0.05) is 18.2 Å². The van der Waals surface area contributed by atoms with Crippen molar-refractivity contribution < 1.29 is 23.0 Å². The summed E-state index contributed by atoms with van der Waals surface area (Å²) in [5.41, 5.74) is 0.248. The number of aliphatic imine (C=N–C) groups is 1. The largest absolute Gasteiger partial charge is 0.491 e. The number of carbonyl (C=O) groups is 1. The van der Waals surface area contributed by atoms with Crippen molar-refractivity contribution in [2.75, 3.05) is 26.9 Å². The molecule has 0 saturated carbocycles. The molecule has 2 aromatic rings. The highest BCUT2D eigenvalue weighted by Gasteiger charge is 2.27. The molecule has 1 aromatic heterocycles. The van der Waals surface area contributed by atoms with Gasteiger partial charge in [-0.2, -0.15) is 10.1 Å². The predicted molar refractivity (Wildman–Crippen MR) is 104 cm³/mol. The predicted octanol–water partition coefficient (Wildman–Crippen LogP) is 3.62. The summed E-state index contributed by atoms with van der Waals surface area (Å²) in [4.78, 5) is 18.5. The summed E-state index contributed by atoms with van der Waals surface area (Å²) in [6.07, 6.45) is 1.34. The highest BCUT2D eigenvalue weighted by molar-refractivity contribution is 6.31. The average molecular weight is 425 g/mol. The number of likely N-dealkylation sites (N-methyl/N-ethyl adjacent to an activating group) is 1. The number of rotatable bonds is 2.